The largest absolute Gasteiger partial charge is 0.497 e. The lowest BCUT2D eigenvalue weighted by Gasteiger charge is -2.11. The molecule has 2 amide bonds. The molecule has 0 spiro atoms. The molecule has 0 unspecified atom stereocenters. The Morgan fingerprint density at radius 1 is 0.806 bits per heavy atom. The molecule has 0 radical (unpaired) electrons. The van der Waals surface area contributed by atoms with Crippen molar-refractivity contribution in [1.29, 1.82) is 0 Å². The van der Waals surface area contributed by atoms with Crippen molar-refractivity contribution in [2.45, 2.75) is 6.92 Å². The number of hydrogen-bond donors (Lipinski definition) is 2. The second-order valence-electron chi connectivity index (χ2n) is 7.33. The molecule has 10 nitrogen and oxygen atoms in total. The van der Waals surface area contributed by atoms with Gasteiger partial charge in [0.25, 0.3) is 0 Å². The number of esters is 1. The highest BCUT2D eigenvalue weighted by atomic mass is 16.6. The number of anilines is 1. The predicted octanol–water partition coefficient (Wildman–Crippen LogP) is 3.33. The van der Waals surface area contributed by atoms with Crippen LogP contribution in [0.25, 0.3) is 0 Å². The van der Waals surface area contributed by atoms with Crippen LogP contribution in [0.2, 0.25) is 0 Å². The minimum Gasteiger partial charge on any atom is -0.497 e. The lowest BCUT2D eigenvalue weighted by molar-refractivity contribution is -0.136. The Morgan fingerprint density at radius 3 is 2.25 bits per heavy atom. The molecule has 36 heavy (non-hydrogen) atoms. The van der Waals surface area contributed by atoms with Crippen LogP contribution in [-0.2, 0) is 9.59 Å². The summed E-state index contributed by atoms with van der Waals surface area (Å²) in [4.78, 5) is 36.8. The summed E-state index contributed by atoms with van der Waals surface area (Å²) < 4.78 is 21.1. The van der Waals surface area contributed by atoms with Gasteiger partial charge in [0.05, 0.1) is 38.8 Å². The van der Waals surface area contributed by atoms with Crippen molar-refractivity contribution in [1.82, 2.24) is 5.43 Å². The SMILES string of the molecule is COc1ccc(NC(=O)C(=O)NN=Cc2ccc(OC(=O)c3ccccc3C)c(OC)c2)c(OC)c1. The highest BCUT2D eigenvalue weighted by molar-refractivity contribution is 6.39. The molecule has 0 atom stereocenters. The molecule has 0 aliphatic carbocycles. The maximum absolute atomic E-state index is 12.5. The lowest BCUT2D eigenvalue weighted by atomic mass is 10.1. The van der Waals surface area contributed by atoms with E-state index in [0.717, 1.165) is 5.56 Å². The van der Waals surface area contributed by atoms with Crippen molar-refractivity contribution >= 4 is 29.7 Å². The average molecular weight is 492 g/mol. The minimum atomic E-state index is -0.986. The van der Waals surface area contributed by atoms with Crippen LogP contribution in [0.3, 0.4) is 0 Å². The van der Waals surface area contributed by atoms with Crippen LogP contribution in [0.5, 0.6) is 23.0 Å². The van der Waals surface area contributed by atoms with Gasteiger partial charge in [-0.2, -0.15) is 5.10 Å². The fraction of sp³-hybridized carbons (Fsp3) is 0.154. The first-order chi connectivity index (χ1) is 17.4. The van der Waals surface area contributed by atoms with E-state index in [4.69, 9.17) is 18.9 Å². The van der Waals surface area contributed by atoms with Crippen LogP contribution in [0.15, 0.2) is 65.8 Å². The topological polar surface area (TPSA) is 125 Å². The molecular weight excluding hydrogens is 466 g/mol. The fourth-order valence-corrected chi connectivity index (χ4v) is 3.10. The number of hydrogen-bond acceptors (Lipinski definition) is 8. The van der Waals surface area contributed by atoms with Gasteiger partial charge in [-0.05, 0) is 54.4 Å². The van der Waals surface area contributed by atoms with E-state index in [0.29, 0.717) is 28.3 Å². The number of amides is 2. The zero-order chi connectivity index (χ0) is 26.1. The summed E-state index contributed by atoms with van der Waals surface area (Å²) in [6.45, 7) is 1.81. The second kappa shape index (κ2) is 12.0. The first-order valence-corrected chi connectivity index (χ1v) is 10.7. The van der Waals surface area contributed by atoms with Gasteiger partial charge in [0.1, 0.15) is 11.5 Å². The van der Waals surface area contributed by atoms with E-state index in [2.05, 4.69) is 15.8 Å². The molecular formula is C26H25N3O7. The zero-order valence-electron chi connectivity index (χ0n) is 20.2. The number of methoxy groups -OCH3 is 3. The highest BCUT2D eigenvalue weighted by Crippen LogP contribution is 2.30. The number of nitrogens with one attached hydrogen (secondary N) is 2. The van der Waals surface area contributed by atoms with Crippen LogP contribution in [0.4, 0.5) is 5.69 Å². The zero-order valence-corrected chi connectivity index (χ0v) is 20.2. The highest BCUT2D eigenvalue weighted by Gasteiger charge is 2.17. The molecule has 3 aromatic carbocycles. The van der Waals surface area contributed by atoms with Crippen LogP contribution in [0.1, 0.15) is 21.5 Å². The summed E-state index contributed by atoms with van der Waals surface area (Å²) in [5.41, 5.74) is 4.20. The summed E-state index contributed by atoms with van der Waals surface area (Å²) in [5.74, 6) is -1.07. The standard InChI is InChI=1S/C26H25N3O7/c1-16-7-5-6-8-19(16)26(32)36-21-12-9-17(13-23(21)35-4)15-27-29-25(31)24(30)28-20-11-10-18(33-2)14-22(20)34-3/h5-15H,1-4H3,(H,28,30)(H,29,31). The van der Waals surface area contributed by atoms with Gasteiger partial charge in [0.2, 0.25) is 0 Å². The molecule has 10 heteroatoms. The fourth-order valence-electron chi connectivity index (χ4n) is 3.10. The number of carbonyl (C=O) groups excluding carboxylic acids is 3. The maximum Gasteiger partial charge on any atom is 0.343 e. The minimum absolute atomic E-state index is 0.222. The van der Waals surface area contributed by atoms with Crippen LogP contribution >= 0.6 is 0 Å². The van der Waals surface area contributed by atoms with E-state index in [-0.39, 0.29) is 11.5 Å². The van der Waals surface area contributed by atoms with Crippen LogP contribution in [-0.4, -0.2) is 45.3 Å². The van der Waals surface area contributed by atoms with Gasteiger partial charge in [0, 0.05) is 6.07 Å². The van der Waals surface area contributed by atoms with Gasteiger partial charge in [-0.3, -0.25) is 9.59 Å². The molecule has 0 saturated carbocycles. The van der Waals surface area contributed by atoms with E-state index in [1.165, 1.54) is 27.5 Å². The van der Waals surface area contributed by atoms with Gasteiger partial charge in [0.15, 0.2) is 11.5 Å². The molecule has 3 aromatic rings. The Morgan fingerprint density at radius 2 is 1.56 bits per heavy atom. The molecule has 0 aliphatic heterocycles. The summed E-state index contributed by atoms with van der Waals surface area (Å²) in [5, 5.41) is 6.25. The number of rotatable bonds is 8. The Kier molecular flexibility index (Phi) is 8.60. The van der Waals surface area contributed by atoms with Crippen molar-refractivity contribution in [3.8, 4) is 23.0 Å². The monoisotopic (exact) mass is 491 g/mol. The van der Waals surface area contributed by atoms with Crippen molar-refractivity contribution < 1.29 is 33.3 Å². The van der Waals surface area contributed by atoms with E-state index in [9.17, 15) is 14.4 Å². The van der Waals surface area contributed by atoms with E-state index in [1.807, 2.05) is 19.1 Å². The molecule has 3 rings (SSSR count). The first-order valence-electron chi connectivity index (χ1n) is 10.7. The molecule has 0 fully saturated rings. The maximum atomic E-state index is 12.5. The van der Waals surface area contributed by atoms with Gasteiger partial charge < -0.3 is 24.3 Å². The summed E-state index contributed by atoms with van der Waals surface area (Å²) >= 11 is 0. The third kappa shape index (κ3) is 6.38. The van der Waals surface area contributed by atoms with Crippen LogP contribution in [0, 0.1) is 6.92 Å². The number of carbonyl (C=O) groups is 3. The quantitative estimate of drug-likeness (QED) is 0.163. The van der Waals surface area contributed by atoms with Gasteiger partial charge >= 0.3 is 17.8 Å². The Labute approximate surface area is 207 Å². The number of benzene rings is 3. The Hall–Kier alpha value is -4.86. The predicted molar refractivity (Wildman–Crippen MR) is 133 cm³/mol. The van der Waals surface area contributed by atoms with E-state index < -0.39 is 17.8 Å². The van der Waals surface area contributed by atoms with Crippen molar-refractivity contribution in [2.24, 2.45) is 5.10 Å². The number of nitrogens with zero attached hydrogens (tertiary/aromatic N) is 1. The molecule has 186 valence electrons. The Balaban J connectivity index is 1.62. The molecule has 2 N–H and O–H groups in total. The normalized spacial score (nSPS) is 10.4. The average Bonchev–Trinajstić information content (AvgIpc) is 2.89. The molecule has 0 heterocycles. The Bertz CT molecular complexity index is 1300. The molecule has 0 saturated heterocycles. The van der Waals surface area contributed by atoms with E-state index in [1.54, 1.807) is 48.5 Å². The van der Waals surface area contributed by atoms with Crippen molar-refractivity contribution in [2.75, 3.05) is 26.6 Å². The van der Waals surface area contributed by atoms with Crippen molar-refractivity contribution in [3.05, 3.63) is 77.4 Å². The molecule has 0 aromatic heterocycles. The smallest absolute Gasteiger partial charge is 0.343 e. The van der Waals surface area contributed by atoms with Crippen LogP contribution < -0.4 is 29.7 Å². The van der Waals surface area contributed by atoms with Gasteiger partial charge in [-0.15, -0.1) is 0 Å². The number of hydrazone groups is 1. The van der Waals surface area contributed by atoms with E-state index >= 15 is 0 Å². The number of ether oxygens (including phenoxy) is 4. The van der Waals surface area contributed by atoms with Crippen molar-refractivity contribution in [3.63, 3.8) is 0 Å². The summed E-state index contributed by atoms with van der Waals surface area (Å²) in [6, 6.07) is 16.5. The first kappa shape index (κ1) is 25.8. The summed E-state index contributed by atoms with van der Waals surface area (Å²) in [6.07, 6.45) is 1.31. The van der Waals surface area contributed by atoms with Gasteiger partial charge in [-0.25, -0.2) is 10.2 Å². The molecule has 0 bridgehead atoms. The third-order valence-electron chi connectivity index (χ3n) is 5.00. The lowest BCUT2D eigenvalue weighted by Crippen LogP contribution is -2.32. The third-order valence-corrected chi connectivity index (χ3v) is 5.00. The summed E-state index contributed by atoms with van der Waals surface area (Å²) in [7, 11) is 4.36. The number of aryl methyl sites for hydroxylation is 1. The molecule has 0 aliphatic rings. The van der Waals surface area contributed by atoms with Gasteiger partial charge in [-0.1, -0.05) is 18.2 Å². The second-order valence-corrected chi connectivity index (χ2v) is 7.33.